The van der Waals surface area contributed by atoms with Gasteiger partial charge in [0.1, 0.15) is 12.6 Å². The first-order valence-corrected chi connectivity index (χ1v) is 16.3. The number of carbonyl (C=O) groups is 1. The molecule has 0 spiro atoms. The van der Waals surface area contributed by atoms with E-state index in [9.17, 15) is 14.9 Å². The predicted octanol–water partition coefficient (Wildman–Crippen LogP) is 6.11. The molecule has 3 aromatic carbocycles. The van der Waals surface area contributed by atoms with Crippen molar-refractivity contribution in [2.75, 3.05) is 13.7 Å². The second kappa shape index (κ2) is 13.6. The summed E-state index contributed by atoms with van der Waals surface area (Å²) in [7, 11) is 1.50. The lowest BCUT2D eigenvalue weighted by Crippen LogP contribution is -2.39. The lowest BCUT2D eigenvalue weighted by molar-refractivity contribution is -0.138. The molecule has 0 saturated carbocycles. The van der Waals surface area contributed by atoms with Crippen molar-refractivity contribution in [2.45, 2.75) is 19.6 Å². The molecule has 0 radical (unpaired) electrons. The van der Waals surface area contributed by atoms with Crippen molar-refractivity contribution in [1.29, 1.82) is 5.26 Å². The van der Waals surface area contributed by atoms with Gasteiger partial charge in [0.2, 0.25) is 0 Å². The molecular formula is C35H26ClN3O5S2. The summed E-state index contributed by atoms with van der Waals surface area (Å²) in [6.45, 7) is 2.04. The fourth-order valence-electron chi connectivity index (χ4n) is 5.18. The number of ether oxygens (including phenoxy) is 3. The monoisotopic (exact) mass is 667 g/mol. The van der Waals surface area contributed by atoms with E-state index in [4.69, 9.17) is 30.8 Å². The number of hydrogen-bond donors (Lipinski definition) is 0. The number of methoxy groups -OCH3 is 1. The van der Waals surface area contributed by atoms with E-state index in [2.05, 4.69) is 6.07 Å². The van der Waals surface area contributed by atoms with Crippen LogP contribution in [0.3, 0.4) is 0 Å². The number of carbonyl (C=O) groups excluding carboxylic acids is 1. The molecule has 46 heavy (non-hydrogen) atoms. The Labute approximate surface area is 277 Å². The molecule has 230 valence electrons. The minimum absolute atomic E-state index is 0.118. The molecule has 2 aromatic heterocycles. The second-order valence-electron chi connectivity index (χ2n) is 10.0. The lowest BCUT2D eigenvalue weighted by Gasteiger charge is -2.24. The third-order valence-corrected chi connectivity index (χ3v) is 9.43. The van der Waals surface area contributed by atoms with Crippen molar-refractivity contribution >= 4 is 52.0 Å². The van der Waals surface area contributed by atoms with Crippen LogP contribution in [0.4, 0.5) is 0 Å². The quantitative estimate of drug-likeness (QED) is 0.176. The number of esters is 1. The first kappa shape index (κ1) is 31.0. The Bertz CT molecular complexity index is 2180. The van der Waals surface area contributed by atoms with Gasteiger partial charge in [-0.3, -0.25) is 9.36 Å². The van der Waals surface area contributed by atoms with Gasteiger partial charge >= 0.3 is 5.97 Å². The van der Waals surface area contributed by atoms with Crippen LogP contribution >= 0.6 is 34.3 Å². The highest BCUT2D eigenvalue weighted by atomic mass is 35.5. The van der Waals surface area contributed by atoms with Crippen molar-refractivity contribution in [1.82, 2.24) is 4.57 Å². The van der Waals surface area contributed by atoms with Crippen LogP contribution in [0.2, 0.25) is 5.02 Å². The van der Waals surface area contributed by atoms with E-state index in [1.165, 1.54) is 29.8 Å². The summed E-state index contributed by atoms with van der Waals surface area (Å²) in [5.41, 5.74) is 3.04. The van der Waals surface area contributed by atoms with E-state index in [0.717, 1.165) is 10.4 Å². The number of hydrogen-bond acceptors (Lipinski definition) is 9. The fourth-order valence-corrected chi connectivity index (χ4v) is 7.27. The lowest BCUT2D eigenvalue weighted by atomic mass is 9.97. The molecule has 1 aliphatic heterocycles. The summed E-state index contributed by atoms with van der Waals surface area (Å²) in [6, 6.07) is 25.2. The number of benzene rings is 3. The van der Waals surface area contributed by atoms with E-state index in [-0.39, 0.29) is 23.8 Å². The summed E-state index contributed by atoms with van der Waals surface area (Å²) in [5.74, 6) is 0.162. The van der Waals surface area contributed by atoms with Gasteiger partial charge in [-0.2, -0.15) is 5.26 Å². The number of thiazole rings is 1. The Morgan fingerprint density at radius 1 is 1.11 bits per heavy atom. The van der Waals surface area contributed by atoms with Crippen molar-refractivity contribution in [3.05, 3.63) is 142 Å². The van der Waals surface area contributed by atoms with Gasteiger partial charge in [0.15, 0.2) is 16.3 Å². The fraction of sp³-hybridized carbons (Fsp3) is 0.143. The Balaban J connectivity index is 1.46. The minimum atomic E-state index is -0.724. The highest BCUT2D eigenvalue weighted by Gasteiger charge is 2.35. The molecule has 0 aliphatic carbocycles. The summed E-state index contributed by atoms with van der Waals surface area (Å²) >= 11 is 9.35. The van der Waals surface area contributed by atoms with Crippen molar-refractivity contribution in [2.24, 2.45) is 4.99 Å². The normalized spacial score (nSPS) is 14.3. The summed E-state index contributed by atoms with van der Waals surface area (Å²) in [5, 5.41) is 11.6. The van der Waals surface area contributed by atoms with Crippen LogP contribution in [0.25, 0.3) is 11.8 Å². The number of rotatable bonds is 9. The molecular weight excluding hydrogens is 642 g/mol. The number of nitrogens with zero attached hydrogens (tertiary/aromatic N) is 3. The topological polar surface area (TPSA) is 103 Å². The molecule has 3 heterocycles. The molecule has 8 nitrogen and oxygen atoms in total. The molecule has 0 saturated heterocycles. The number of halogens is 1. The Morgan fingerprint density at radius 2 is 1.89 bits per heavy atom. The van der Waals surface area contributed by atoms with Gasteiger partial charge in [0.05, 0.1) is 46.2 Å². The van der Waals surface area contributed by atoms with Gasteiger partial charge in [0, 0.05) is 16.0 Å². The van der Waals surface area contributed by atoms with Crippen molar-refractivity contribution in [3.63, 3.8) is 0 Å². The third kappa shape index (κ3) is 6.00. The van der Waals surface area contributed by atoms with Crippen LogP contribution in [0.1, 0.15) is 40.1 Å². The van der Waals surface area contributed by atoms with E-state index in [1.54, 1.807) is 41.8 Å². The highest BCUT2D eigenvalue weighted by molar-refractivity contribution is 7.10. The molecule has 0 amide bonds. The Morgan fingerprint density at radius 3 is 2.61 bits per heavy atom. The van der Waals surface area contributed by atoms with Crippen molar-refractivity contribution < 1.29 is 19.0 Å². The van der Waals surface area contributed by atoms with Gasteiger partial charge in [0.25, 0.3) is 5.56 Å². The highest BCUT2D eigenvalue weighted by Crippen LogP contribution is 2.38. The summed E-state index contributed by atoms with van der Waals surface area (Å²) < 4.78 is 19.1. The van der Waals surface area contributed by atoms with Crippen LogP contribution in [-0.4, -0.2) is 24.3 Å². The Kier molecular flexibility index (Phi) is 9.17. The molecule has 0 unspecified atom stereocenters. The number of nitriles is 1. The van der Waals surface area contributed by atoms with Crippen LogP contribution in [0, 0.1) is 11.3 Å². The largest absolute Gasteiger partial charge is 0.493 e. The van der Waals surface area contributed by atoms with Gasteiger partial charge in [-0.15, -0.1) is 11.3 Å². The van der Waals surface area contributed by atoms with Crippen LogP contribution in [0.5, 0.6) is 11.5 Å². The first-order valence-electron chi connectivity index (χ1n) is 14.2. The smallest absolute Gasteiger partial charge is 0.338 e. The SMILES string of the molecule is CCOC(=O)C1=C(c2ccccc2)N=c2s/c(=C\c3cc(Cl)c(OCc4ccccc4C#N)c(OC)c3)c(=O)n2[C@H]1c1cccs1. The number of thiophene rings is 1. The van der Waals surface area contributed by atoms with E-state index < -0.39 is 12.0 Å². The molecule has 0 bridgehead atoms. The molecule has 1 aliphatic rings. The first-order chi connectivity index (χ1) is 22.4. The van der Waals surface area contributed by atoms with Gasteiger partial charge in [-0.05, 0) is 48.2 Å². The Hall–Kier alpha value is -4.95. The molecule has 6 rings (SSSR count). The maximum absolute atomic E-state index is 14.1. The van der Waals surface area contributed by atoms with Gasteiger partial charge < -0.3 is 14.2 Å². The van der Waals surface area contributed by atoms with E-state index in [0.29, 0.717) is 48.8 Å². The van der Waals surface area contributed by atoms with Gasteiger partial charge in [-0.25, -0.2) is 9.79 Å². The zero-order chi connectivity index (χ0) is 32.2. The maximum atomic E-state index is 14.1. The molecule has 11 heteroatoms. The third-order valence-electron chi connectivity index (χ3n) is 7.25. The van der Waals surface area contributed by atoms with Crippen molar-refractivity contribution in [3.8, 4) is 17.6 Å². The minimum Gasteiger partial charge on any atom is -0.493 e. The zero-order valence-corrected chi connectivity index (χ0v) is 27.1. The maximum Gasteiger partial charge on any atom is 0.338 e. The van der Waals surface area contributed by atoms with Crippen LogP contribution in [0.15, 0.2) is 99.6 Å². The van der Waals surface area contributed by atoms with Gasteiger partial charge in [-0.1, -0.05) is 77.5 Å². The average molecular weight is 668 g/mol. The molecule has 0 fully saturated rings. The predicted molar refractivity (Wildman–Crippen MR) is 179 cm³/mol. The summed E-state index contributed by atoms with van der Waals surface area (Å²) in [6.07, 6.45) is 1.72. The molecule has 1 atom stereocenters. The number of aromatic nitrogens is 1. The van der Waals surface area contributed by atoms with E-state index in [1.807, 2.05) is 60.0 Å². The standard InChI is InChI=1S/C35H26ClN3O5S2/c1-3-43-34(41)29-30(22-10-5-4-6-11-22)38-35-39(31(29)27-14-9-15-45-27)33(40)28(46-35)18-21-16-25(36)32(26(17-21)42-2)44-20-24-13-8-7-12-23(24)19-37/h4-18,31H,3,20H2,1-2H3/b28-18-/t31-/m0/s1. The zero-order valence-electron chi connectivity index (χ0n) is 24.7. The van der Waals surface area contributed by atoms with Crippen LogP contribution in [-0.2, 0) is 16.1 Å². The number of fused-ring (bicyclic) bond motifs is 1. The summed E-state index contributed by atoms with van der Waals surface area (Å²) in [4.78, 5) is 33.8. The molecule has 5 aromatic rings. The second-order valence-corrected chi connectivity index (χ2v) is 12.4. The van der Waals surface area contributed by atoms with E-state index >= 15 is 0 Å². The average Bonchev–Trinajstić information content (AvgIpc) is 3.72. The molecule has 0 N–H and O–H groups in total. The van der Waals surface area contributed by atoms with Crippen LogP contribution < -0.4 is 24.4 Å².